The fraction of sp³-hybridized carbons (Fsp3) is 0.875. The van der Waals surface area contributed by atoms with Crippen molar-refractivity contribution in [2.45, 2.75) is 32.6 Å². The second-order valence-corrected chi connectivity index (χ2v) is 4.78. The van der Waals surface area contributed by atoms with E-state index >= 15 is 0 Å². The van der Waals surface area contributed by atoms with E-state index in [0.717, 1.165) is 0 Å². The summed E-state index contributed by atoms with van der Waals surface area (Å²) in [6, 6.07) is 0. The molecule has 0 aliphatic rings. The third-order valence-electron chi connectivity index (χ3n) is 1.64. The largest absolute Gasteiger partial charge is 0.466 e. The van der Waals surface area contributed by atoms with Crippen molar-refractivity contribution in [3.8, 4) is 0 Å². The van der Waals surface area contributed by atoms with E-state index in [-0.39, 0.29) is 12.1 Å². The summed E-state index contributed by atoms with van der Waals surface area (Å²) >= 11 is 0. The Morgan fingerprint density at radius 1 is 1.29 bits per heavy atom. The molecular formula is C8H17O5P. The van der Waals surface area contributed by atoms with Gasteiger partial charge in [0.1, 0.15) is 0 Å². The van der Waals surface area contributed by atoms with Crippen molar-refractivity contribution < 1.29 is 23.9 Å². The van der Waals surface area contributed by atoms with Gasteiger partial charge in [-0.25, -0.2) is 0 Å². The minimum absolute atomic E-state index is 0.101. The van der Waals surface area contributed by atoms with Crippen LogP contribution >= 0.6 is 7.60 Å². The van der Waals surface area contributed by atoms with E-state index < -0.39 is 7.60 Å². The molecule has 0 spiro atoms. The van der Waals surface area contributed by atoms with Crippen molar-refractivity contribution in [1.82, 2.24) is 0 Å². The normalized spacial score (nSPS) is 11.4. The molecule has 0 rings (SSSR count). The minimum atomic E-state index is -3.86. The number of unbranched alkanes of at least 4 members (excludes halogenated alkanes) is 2. The van der Waals surface area contributed by atoms with Crippen molar-refractivity contribution in [2.75, 3.05) is 12.8 Å². The monoisotopic (exact) mass is 224 g/mol. The fourth-order valence-electron chi connectivity index (χ4n) is 0.997. The second kappa shape index (κ2) is 6.98. The van der Waals surface area contributed by atoms with E-state index in [9.17, 15) is 9.36 Å². The Hall–Kier alpha value is -0.380. The maximum atomic E-state index is 10.8. The number of ether oxygens (including phenoxy) is 1. The zero-order valence-corrected chi connectivity index (χ0v) is 9.20. The van der Waals surface area contributed by atoms with Crippen LogP contribution in [0.3, 0.4) is 0 Å². The Kier molecular flexibility index (Phi) is 6.79. The van der Waals surface area contributed by atoms with Crippen LogP contribution in [0.25, 0.3) is 0 Å². The minimum Gasteiger partial charge on any atom is -0.466 e. The predicted octanol–water partition coefficient (Wildman–Crippen LogP) is 1.29. The Bertz CT molecular complexity index is 210. The van der Waals surface area contributed by atoms with Crippen LogP contribution in [0.1, 0.15) is 32.6 Å². The number of carbonyl (C=O) groups is 1. The number of hydrogen-bond acceptors (Lipinski definition) is 3. The first-order chi connectivity index (χ1) is 6.45. The molecule has 0 radical (unpaired) electrons. The highest BCUT2D eigenvalue weighted by atomic mass is 31.2. The molecule has 5 nitrogen and oxygen atoms in total. The number of hydrogen-bond donors (Lipinski definition) is 2. The lowest BCUT2D eigenvalue weighted by Crippen LogP contribution is -2.03. The lowest BCUT2D eigenvalue weighted by molar-refractivity contribution is -0.143. The van der Waals surface area contributed by atoms with E-state index in [1.807, 2.05) is 0 Å². The lowest BCUT2D eigenvalue weighted by Gasteiger charge is -2.03. The third kappa shape index (κ3) is 9.71. The summed E-state index contributed by atoms with van der Waals surface area (Å²) in [5.41, 5.74) is 0. The lowest BCUT2D eigenvalue weighted by atomic mass is 10.2. The number of esters is 1. The highest BCUT2D eigenvalue weighted by molar-refractivity contribution is 7.51. The topological polar surface area (TPSA) is 83.8 Å². The standard InChI is InChI=1S/C8H17O5P/c1-2-13-8(9)6-4-3-5-7-14(10,11)12/h2-7H2,1H3,(H2,10,11,12). The average molecular weight is 224 g/mol. The van der Waals surface area contributed by atoms with Gasteiger partial charge >= 0.3 is 13.6 Å². The van der Waals surface area contributed by atoms with Crippen molar-refractivity contribution >= 4 is 13.6 Å². The average Bonchev–Trinajstić information content (AvgIpc) is 2.02. The van der Waals surface area contributed by atoms with Crippen LogP contribution in [0, 0.1) is 0 Å². The molecule has 14 heavy (non-hydrogen) atoms. The van der Waals surface area contributed by atoms with Crippen LogP contribution in [-0.4, -0.2) is 28.5 Å². The summed E-state index contributed by atoms with van der Waals surface area (Å²) in [7, 11) is -3.86. The molecule has 0 amide bonds. The van der Waals surface area contributed by atoms with E-state index in [2.05, 4.69) is 0 Å². The van der Waals surface area contributed by atoms with Crippen LogP contribution < -0.4 is 0 Å². The molecule has 0 unspecified atom stereocenters. The van der Waals surface area contributed by atoms with Gasteiger partial charge in [-0.05, 0) is 19.8 Å². The molecule has 84 valence electrons. The molecule has 0 aromatic heterocycles. The van der Waals surface area contributed by atoms with Gasteiger partial charge in [-0.2, -0.15) is 0 Å². The summed E-state index contributed by atoms with van der Waals surface area (Å²) in [5, 5.41) is 0. The first-order valence-corrected chi connectivity index (χ1v) is 6.45. The molecule has 0 saturated heterocycles. The maximum absolute atomic E-state index is 10.8. The third-order valence-corrected chi connectivity index (χ3v) is 2.53. The summed E-state index contributed by atoms with van der Waals surface area (Å²) in [6.45, 7) is 2.12. The molecular weight excluding hydrogens is 207 g/mol. The molecule has 6 heteroatoms. The highest BCUT2D eigenvalue weighted by Crippen LogP contribution is 2.35. The molecule has 0 heterocycles. The second-order valence-electron chi connectivity index (χ2n) is 3.00. The van der Waals surface area contributed by atoms with Gasteiger partial charge in [0.15, 0.2) is 0 Å². The van der Waals surface area contributed by atoms with Crippen molar-refractivity contribution in [3.05, 3.63) is 0 Å². The Labute approximate surface area is 83.6 Å². The highest BCUT2D eigenvalue weighted by Gasteiger charge is 2.11. The molecule has 0 aromatic carbocycles. The molecule has 0 saturated carbocycles. The maximum Gasteiger partial charge on any atom is 0.325 e. The van der Waals surface area contributed by atoms with Gasteiger partial charge in [-0.1, -0.05) is 6.42 Å². The van der Waals surface area contributed by atoms with Gasteiger partial charge in [-0.3, -0.25) is 9.36 Å². The Morgan fingerprint density at radius 2 is 1.93 bits per heavy atom. The van der Waals surface area contributed by atoms with Crippen molar-refractivity contribution in [1.29, 1.82) is 0 Å². The Balaban J connectivity index is 3.30. The van der Waals surface area contributed by atoms with Gasteiger partial charge < -0.3 is 14.5 Å². The first kappa shape index (κ1) is 13.6. The summed E-state index contributed by atoms with van der Waals surface area (Å²) in [6.07, 6.45) is 1.94. The summed E-state index contributed by atoms with van der Waals surface area (Å²) in [4.78, 5) is 27.9. The summed E-state index contributed by atoms with van der Waals surface area (Å²) in [5.74, 6) is -0.247. The van der Waals surface area contributed by atoms with Crippen LogP contribution in [0.2, 0.25) is 0 Å². The summed E-state index contributed by atoms with van der Waals surface area (Å²) < 4.78 is 15.1. The molecule has 0 bridgehead atoms. The predicted molar refractivity (Wildman–Crippen MR) is 52.0 cm³/mol. The van der Waals surface area contributed by atoms with Crippen LogP contribution in [0.5, 0.6) is 0 Å². The van der Waals surface area contributed by atoms with Crippen molar-refractivity contribution in [3.63, 3.8) is 0 Å². The Morgan fingerprint density at radius 3 is 2.43 bits per heavy atom. The smallest absolute Gasteiger partial charge is 0.325 e. The quantitative estimate of drug-likeness (QED) is 0.386. The van der Waals surface area contributed by atoms with E-state index in [1.54, 1.807) is 6.92 Å². The van der Waals surface area contributed by atoms with Gasteiger partial charge in [0, 0.05) is 12.6 Å². The van der Waals surface area contributed by atoms with E-state index in [0.29, 0.717) is 32.3 Å². The van der Waals surface area contributed by atoms with Crippen LogP contribution in [0.4, 0.5) is 0 Å². The van der Waals surface area contributed by atoms with Crippen LogP contribution in [0.15, 0.2) is 0 Å². The van der Waals surface area contributed by atoms with E-state index in [1.165, 1.54) is 0 Å². The van der Waals surface area contributed by atoms with Gasteiger partial charge in [0.05, 0.1) is 6.61 Å². The fourth-order valence-corrected chi connectivity index (χ4v) is 1.63. The molecule has 0 fully saturated rings. The van der Waals surface area contributed by atoms with Crippen LogP contribution in [-0.2, 0) is 14.1 Å². The molecule has 0 aliphatic carbocycles. The SMILES string of the molecule is CCOC(=O)CCCCCP(=O)(O)O. The zero-order chi connectivity index (χ0) is 11.0. The molecule has 0 atom stereocenters. The van der Waals surface area contributed by atoms with Gasteiger partial charge in [-0.15, -0.1) is 0 Å². The van der Waals surface area contributed by atoms with E-state index in [4.69, 9.17) is 14.5 Å². The van der Waals surface area contributed by atoms with Crippen molar-refractivity contribution in [2.24, 2.45) is 0 Å². The van der Waals surface area contributed by atoms with Gasteiger partial charge in [0.2, 0.25) is 0 Å². The molecule has 2 N–H and O–H groups in total. The van der Waals surface area contributed by atoms with Gasteiger partial charge in [0.25, 0.3) is 0 Å². The number of carbonyl (C=O) groups excluding carboxylic acids is 1. The first-order valence-electron chi connectivity index (χ1n) is 4.66. The molecule has 0 aromatic rings. The zero-order valence-electron chi connectivity index (χ0n) is 8.31. The molecule has 0 aliphatic heterocycles. The number of rotatable bonds is 7.